The number of likely N-dealkylation sites (tertiary alicyclic amines) is 1. The molecule has 7 heteroatoms. The minimum absolute atomic E-state index is 0.0900. The van der Waals surface area contributed by atoms with E-state index in [0.29, 0.717) is 18.4 Å². The van der Waals surface area contributed by atoms with Gasteiger partial charge < -0.3 is 15.4 Å². The van der Waals surface area contributed by atoms with E-state index >= 15 is 0 Å². The van der Waals surface area contributed by atoms with Crippen molar-refractivity contribution in [3.8, 4) is 5.88 Å². The summed E-state index contributed by atoms with van der Waals surface area (Å²) in [5.41, 5.74) is 6.42. The summed E-state index contributed by atoms with van der Waals surface area (Å²) in [5.74, 6) is 1.82. The maximum Gasteiger partial charge on any atom is 0.213 e. The summed E-state index contributed by atoms with van der Waals surface area (Å²) in [7, 11) is -1.04. The number of sulfone groups is 1. The molecule has 2 heterocycles. The van der Waals surface area contributed by atoms with Crippen LogP contribution in [0, 0.1) is 11.8 Å². The Labute approximate surface area is 144 Å². The first-order chi connectivity index (χ1) is 11.3. The fraction of sp³-hybridized carbons (Fsp3) is 0.706. The molecule has 2 aliphatic rings. The van der Waals surface area contributed by atoms with Crippen LogP contribution in [0.1, 0.15) is 25.7 Å². The minimum atomic E-state index is -3.22. The van der Waals surface area contributed by atoms with E-state index in [2.05, 4.69) is 16.9 Å². The Bertz CT molecular complexity index is 669. The molecular weight excluding hydrogens is 326 g/mol. The molecule has 3 rings (SSSR count). The van der Waals surface area contributed by atoms with Crippen LogP contribution in [0.3, 0.4) is 0 Å². The van der Waals surface area contributed by atoms with E-state index in [0.717, 1.165) is 18.8 Å². The zero-order valence-electron chi connectivity index (χ0n) is 14.4. The second kappa shape index (κ2) is 6.61. The third kappa shape index (κ3) is 4.07. The Morgan fingerprint density at radius 3 is 2.67 bits per heavy atom. The number of piperidine rings is 1. The molecular formula is C17H27N3O3S. The molecule has 2 fully saturated rings. The van der Waals surface area contributed by atoms with Crippen molar-refractivity contribution >= 4 is 9.84 Å². The van der Waals surface area contributed by atoms with Crippen molar-refractivity contribution in [3.05, 3.63) is 18.3 Å². The van der Waals surface area contributed by atoms with E-state index in [9.17, 15) is 8.42 Å². The molecule has 1 aliphatic carbocycles. The largest absolute Gasteiger partial charge is 0.478 e. The van der Waals surface area contributed by atoms with Crippen molar-refractivity contribution in [1.82, 2.24) is 9.88 Å². The van der Waals surface area contributed by atoms with Gasteiger partial charge in [0.2, 0.25) is 5.88 Å². The minimum Gasteiger partial charge on any atom is -0.478 e. The monoisotopic (exact) mass is 353 g/mol. The van der Waals surface area contributed by atoms with Gasteiger partial charge in [0.05, 0.1) is 11.5 Å². The first kappa shape index (κ1) is 17.6. The normalized spacial score (nSPS) is 28.7. The van der Waals surface area contributed by atoms with Crippen molar-refractivity contribution in [2.45, 2.75) is 36.1 Å². The molecule has 1 saturated heterocycles. The van der Waals surface area contributed by atoms with Gasteiger partial charge in [-0.2, -0.15) is 0 Å². The molecule has 2 unspecified atom stereocenters. The molecule has 1 saturated carbocycles. The van der Waals surface area contributed by atoms with E-state index in [1.807, 2.05) is 0 Å². The van der Waals surface area contributed by atoms with Crippen molar-refractivity contribution in [3.63, 3.8) is 0 Å². The van der Waals surface area contributed by atoms with Gasteiger partial charge in [-0.25, -0.2) is 13.4 Å². The lowest BCUT2D eigenvalue weighted by molar-refractivity contribution is 0.191. The lowest BCUT2D eigenvalue weighted by atomic mass is 9.89. The van der Waals surface area contributed by atoms with Gasteiger partial charge in [-0.15, -0.1) is 0 Å². The Hall–Kier alpha value is -1.18. The maximum atomic E-state index is 11.4. The van der Waals surface area contributed by atoms with Crippen molar-refractivity contribution < 1.29 is 13.2 Å². The Balaban J connectivity index is 1.45. The highest BCUT2D eigenvalue weighted by Gasteiger charge is 2.54. The van der Waals surface area contributed by atoms with E-state index in [-0.39, 0.29) is 10.4 Å². The molecule has 1 aliphatic heterocycles. The highest BCUT2D eigenvalue weighted by atomic mass is 32.2. The summed E-state index contributed by atoms with van der Waals surface area (Å²) in [6, 6.07) is 3.12. The molecule has 1 aromatic rings. The van der Waals surface area contributed by atoms with Gasteiger partial charge in [0.25, 0.3) is 0 Å². The summed E-state index contributed by atoms with van der Waals surface area (Å²) in [6.07, 6.45) is 6.90. The zero-order chi connectivity index (χ0) is 17.4. The number of aromatic nitrogens is 1. The Morgan fingerprint density at radius 1 is 1.38 bits per heavy atom. The van der Waals surface area contributed by atoms with E-state index in [1.54, 1.807) is 6.07 Å². The molecule has 0 bridgehead atoms. The van der Waals surface area contributed by atoms with Crippen LogP contribution < -0.4 is 10.5 Å². The Morgan fingerprint density at radius 2 is 2.08 bits per heavy atom. The quantitative estimate of drug-likeness (QED) is 0.830. The van der Waals surface area contributed by atoms with Crippen LogP contribution in [0.2, 0.25) is 0 Å². The van der Waals surface area contributed by atoms with Gasteiger partial charge in [0.15, 0.2) is 9.84 Å². The maximum absolute atomic E-state index is 11.4. The van der Waals surface area contributed by atoms with Crippen LogP contribution in [-0.2, 0) is 9.84 Å². The number of ether oxygens (including phenoxy) is 1. The molecule has 24 heavy (non-hydrogen) atoms. The molecule has 2 N–H and O–H groups in total. The van der Waals surface area contributed by atoms with Gasteiger partial charge in [0, 0.05) is 24.1 Å². The molecule has 1 aromatic heterocycles. The lowest BCUT2D eigenvalue weighted by Crippen LogP contribution is -2.35. The van der Waals surface area contributed by atoms with Crippen molar-refractivity contribution in [2.75, 3.05) is 33.0 Å². The van der Waals surface area contributed by atoms with Gasteiger partial charge in [-0.1, -0.05) is 0 Å². The smallest absolute Gasteiger partial charge is 0.213 e. The Kier molecular flexibility index (Phi) is 4.86. The standard InChI is InChI=1S/C17H27N3O3S/c1-20-8-5-13(6-9-20)15-11-17(15,18)7-10-23-16-4-3-14(12-19-16)24(2,21)22/h3-4,12-13,15H,5-11,18H2,1-2H3. The zero-order valence-corrected chi connectivity index (χ0v) is 15.3. The topological polar surface area (TPSA) is 85.5 Å². The van der Waals surface area contributed by atoms with Gasteiger partial charge in [0.1, 0.15) is 0 Å². The van der Waals surface area contributed by atoms with Crippen LogP contribution >= 0.6 is 0 Å². The first-order valence-electron chi connectivity index (χ1n) is 8.54. The summed E-state index contributed by atoms with van der Waals surface area (Å²) < 4.78 is 28.5. The highest BCUT2D eigenvalue weighted by molar-refractivity contribution is 7.90. The van der Waals surface area contributed by atoms with E-state index in [4.69, 9.17) is 10.5 Å². The van der Waals surface area contributed by atoms with Gasteiger partial charge in [-0.3, -0.25) is 0 Å². The SMILES string of the molecule is CN1CCC(C2CC2(N)CCOc2ccc(S(C)(=O)=O)cn2)CC1. The van der Waals surface area contributed by atoms with Crippen LogP contribution in [0.4, 0.5) is 0 Å². The molecule has 134 valence electrons. The fourth-order valence-corrected chi connectivity index (χ4v) is 4.28. The predicted octanol–water partition coefficient (Wildman–Crippen LogP) is 1.31. The third-order valence-corrected chi connectivity index (χ3v) is 6.56. The third-order valence-electron chi connectivity index (χ3n) is 5.47. The van der Waals surface area contributed by atoms with Crippen LogP contribution in [-0.4, -0.2) is 56.8 Å². The molecule has 0 aromatic carbocycles. The summed E-state index contributed by atoms with van der Waals surface area (Å²) in [4.78, 5) is 6.64. The molecule has 6 nitrogen and oxygen atoms in total. The number of pyridine rings is 1. The van der Waals surface area contributed by atoms with Crippen LogP contribution in [0.25, 0.3) is 0 Å². The second-order valence-electron chi connectivity index (χ2n) is 7.39. The van der Waals surface area contributed by atoms with E-state index in [1.165, 1.54) is 44.5 Å². The van der Waals surface area contributed by atoms with Crippen LogP contribution in [0.15, 0.2) is 23.2 Å². The molecule has 2 atom stereocenters. The number of nitrogens with two attached hydrogens (primary N) is 1. The van der Waals surface area contributed by atoms with Crippen LogP contribution in [0.5, 0.6) is 5.88 Å². The highest BCUT2D eigenvalue weighted by Crippen LogP contribution is 2.51. The predicted molar refractivity (Wildman–Crippen MR) is 92.7 cm³/mol. The number of hydrogen-bond donors (Lipinski definition) is 1. The average Bonchev–Trinajstić information content (AvgIpc) is 3.19. The van der Waals surface area contributed by atoms with Gasteiger partial charge in [-0.05, 0) is 63.7 Å². The average molecular weight is 353 g/mol. The number of rotatable bonds is 6. The second-order valence-corrected chi connectivity index (χ2v) is 9.40. The molecule has 0 spiro atoms. The molecule has 0 radical (unpaired) electrons. The lowest BCUT2D eigenvalue weighted by Gasteiger charge is -2.30. The summed E-state index contributed by atoms with van der Waals surface area (Å²) >= 11 is 0. The fourth-order valence-electron chi connectivity index (χ4n) is 3.72. The van der Waals surface area contributed by atoms with E-state index < -0.39 is 9.84 Å². The van der Waals surface area contributed by atoms with Crippen molar-refractivity contribution in [2.24, 2.45) is 17.6 Å². The molecule has 0 amide bonds. The van der Waals surface area contributed by atoms with Crippen molar-refractivity contribution in [1.29, 1.82) is 0 Å². The van der Waals surface area contributed by atoms with Gasteiger partial charge >= 0.3 is 0 Å². The summed E-state index contributed by atoms with van der Waals surface area (Å²) in [5, 5.41) is 0. The number of hydrogen-bond acceptors (Lipinski definition) is 6. The first-order valence-corrected chi connectivity index (χ1v) is 10.4. The number of nitrogens with zero attached hydrogens (tertiary/aromatic N) is 2. The summed E-state index contributed by atoms with van der Waals surface area (Å²) in [6.45, 7) is 2.86.